The third kappa shape index (κ3) is 2.89. The van der Waals surface area contributed by atoms with E-state index in [1.807, 2.05) is 13.8 Å². The van der Waals surface area contributed by atoms with Gasteiger partial charge in [0.15, 0.2) is 0 Å². The van der Waals surface area contributed by atoms with Crippen LogP contribution in [0.15, 0.2) is 22.6 Å². The van der Waals surface area contributed by atoms with Crippen molar-refractivity contribution >= 4 is 11.6 Å². The van der Waals surface area contributed by atoms with Crippen LogP contribution in [-0.2, 0) is 13.1 Å². The average Bonchev–Trinajstić information content (AvgIpc) is 2.64. The van der Waals surface area contributed by atoms with Crippen LogP contribution in [0.4, 0.5) is 4.39 Å². The Morgan fingerprint density at radius 3 is 2.78 bits per heavy atom. The highest BCUT2D eigenvalue weighted by Gasteiger charge is 2.07. The molecule has 1 heterocycles. The molecule has 0 aliphatic carbocycles. The van der Waals surface area contributed by atoms with Crippen molar-refractivity contribution in [3.63, 3.8) is 0 Å². The standard InChI is InChI=1S/C13H14ClFN2O/c1-8-9(2)18-12(17-8)7-16-6-10-4-3-5-11(15)13(10)14/h3-5,16H,6-7H2,1-2H3. The van der Waals surface area contributed by atoms with Crippen LogP contribution in [0.1, 0.15) is 22.9 Å². The Labute approximate surface area is 110 Å². The van der Waals surface area contributed by atoms with Crippen molar-refractivity contribution in [2.75, 3.05) is 0 Å². The molecular formula is C13H14ClFN2O. The van der Waals surface area contributed by atoms with Crippen LogP contribution in [0.25, 0.3) is 0 Å². The maximum atomic E-state index is 13.2. The number of halogens is 2. The summed E-state index contributed by atoms with van der Waals surface area (Å²) in [5.74, 6) is 1.03. The molecule has 0 bridgehead atoms. The van der Waals surface area contributed by atoms with Crippen LogP contribution in [-0.4, -0.2) is 4.98 Å². The first-order valence-corrected chi connectivity index (χ1v) is 6.02. The molecule has 3 nitrogen and oxygen atoms in total. The lowest BCUT2D eigenvalue weighted by Crippen LogP contribution is -2.13. The normalized spacial score (nSPS) is 10.9. The molecule has 0 radical (unpaired) electrons. The van der Waals surface area contributed by atoms with Crippen LogP contribution in [0.3, 0.4) is 0 Å². The largest absolute Gasteiger partial charge is 0.444 e. The molecule has 0 spiro atoms. The van der Waals surface area contributed by atoms with Gasteiger partial charge in [0.2, 0.25) is 5.89 Å². The minimum absolute atomic E-state index is 0.157. The van der Waals surface area contributed by atoms with Gasteiger partial charge in [0, 0.05) is 6.54 Å². The molecule has 1 aromatic carbocycles. The zero-order valence-corrected chi connectivity index (χ0v) is 11.0. The van der Waals surface area contributed by atoms with Crippen LogP contribution in [0, 0.1) is 19.7 Å². The van der Waals surface area contributed by atoms with Crippen molar-refractivity contribution in [2.45, 2.75) is 26.9 Å². The SMILES string of the molecule is Cc1nc(CNCc2cccc(F)c2Cl)oc1C. The number of aromatic nitrogens is 1. The summed E-state index contributed by atoms with van der Waals surface area (Å²) in [6.07, 6.45) is 0. The summed E-state index contributed by atoms with van der Waals surface area (Å²) in [7, 11) is 0. The number of benzene rings is 1. The molecule has 0 saturated heterocycles. The maximum Gasteiger partial charge on any atom is 0.208 e. The second kappa shape index (κ2) is 5.50. The van der Waals surface area contributed by atoms with Gasteiger partial charge in [0.25, 0.3) is 0 Å². The number of nitrogens with zero attached hydrogens (tertiary/aromatic N) is 1. The van der Waals surface area contributed by atoms with Crippen molar-refractivity contribution in [3.05, 3.63) is 51.9 Å². The van der Waals surface area contributed by atoms with Gasteiger partial charge >= 0.3 is 0 Å². The first-order chi connectivity index (χ1) is 8.58. The quantitative estimate of drug-likeness (QED) is 0.924. The molecular weight excluding hydrogens is 255 g/mol. The van der Waals surface area contributed by atoms with Gasteiger partial charge in [-0.25, -0.2) is 9.37 Å². The van der Waals surface area contributed by atoms with E-state index in [0.717, 1.165) is 17.0 Å². The van der Waals surface area contributed by atoms with Gasteiger partial charge in [-0.1, -0.05) is 23.7 Å². The number of nitrogens with one attached hydrogen (secondary N) is 1. The minimum Gasteiger partial charge on any atom is -0.444 e. The Morgan fingerprint density at radius 2 is 2.11 bits per heavy atom. The van der Waals surface area contributed by atoms with E-state index in [-0.39, 0.29) is 5.02 Å². The smallest absolute Gasteiger partial charge is 0.208 e. The molecule has 0 aliphatic rings. The molecule has 18 heavy (non-hydrogen) atoms. The van der Waals surface area contributed by atoms with Crippen LogP contribution >= 0.6 is 11.6 Å². The molecule has 0 unspecified atom stereocenters. The monoisotopic (exact) mass is 268 g/mol. The predicted molar refractivity (Wildman–Crippen MR) is 67.9 cm³/mol. The number of hydrogen-bond donors (Lipinski definition) is 1. The summed E-state index contributed by atoms with van der Waals surface area (Å²) in [6, 6.07) is 4.76. The number of aryl methyl sites for hydroxylation is 2. The van der Waals surface area contributed by atoms with Crippen molar-refractivity contribution in [2.24, 2.45) is 0 Å². The highest BCUT2D eigenvalue weighted by molar-refractivity contribution is 6.31. The summed E-state index contributed by atoms with van der Waals surface area (Å²) < 4.78 is 18.6. The van der Waals surface area contributed by atoms with Gasteiger partial charge in [-0.05, 0) is 25.5 Å². The first kappa shape index (κ1) is 13.1. The fourth-order valence-electron chi connectivity index (χ4n) is 1.60. The minimum atomic E-state index is -0.404. The molecule has 1 aromatic heterocycles. The second-order valence-electron chi connectivity index (χ2n) is 4.07. The van der Waals surface area contributed by atoms with E-state index >= 15 is 0 Å². The molecule has 0 aliphatic heterocycles. The summed E-state index contributed by atoms with van der Waals surface area (Å²) in [5.41, 5.74) is 1.60. The molecule has 0 saturated carbocycles. The Kier molecular flexibility index (Phi) is 3.99. The van der Waals surface area contributed by atoms with Crippen molar-refractivity contribution in [1.29, 1.82) is 0 Å². The highest BCUT2D eigenvalue weighted by atomic mass is 35.5. The topological polar surface area (TPSA) is 38.1 Å². The van der Waals surface area contributed by atoms with Gasteiger partial charge < -0.3 is 9.73 Å². The van der Waals surface area contributed by atoms with E-state index in [2.05, 4.69) is 10.3 Å². The fourth-order valence-corrected chi connectivity index (χ4v) is 1.80. The van der Waals surface area contributed by atoms with Gasteiger partial charge in [0.05, 0.1) is 17.3 Å². The summed E-state index contributed by atoms with van der Waals surface area (Å²) in [4.78, 5) is 4.25. The van der Waals surface area contributed by atoms with Crippen molar-refractivity contribution in [3.8, 4) is 0 Å². The number of rotatable bonds is 4. The highest BCUT2D eigenvalue weighted by Crippen LogP contribution is 2.19. The summed E-state index contributed by atoms with van der Waals surface area (Å²) in [5, 5.41) is 3.28. The predicted octanol–water partition coefficient (Wildman–Crippen LogP) is 3.37. The summed E-state index contributed by atoms with van der Waals surface area (Å²) in [6.45, 7) is 4.72. The third-order valence-corrected chi connectivity index (χ3v) is 3.12. The molecule has 0 amide bonds. The Balaban J connectivity index is 1.94. The van der Waals surface area contributed by atoms with Gasteiger partial charge in [-0.2, -0.15) is 0 Å². The van der Waals surface area contributed by atoms with Gasteiger partial charge in [0.1, 0.15) is 11.6 Å². The lowest BCUT2D eigenvalue weighted by Gasteiger charge is -2.05. The van der Waals surface area contributed by atoms with Crippen LogP contribution < -0.4 is 5.32 Å². The van der Waals surface area contributed by atoms with E-state index in [1.165, 1.54) is 6.07 Å². The Bertz CT molecular complexity index is 534. The van der Waals surface area contributed by atoms with Crippen LogP contribution in [0.2, 0.25) is 5.02 Å². The average molecular weight is 269 g/mol. The van der Waals surface area contributed by atoms with E-state index in [9.17, 15) is 4.39 Å². The molecule has 2 rings (SSSR count). The summed E-state index contributed by atoms with van der Waals surface area (Å²) >= 11 is 5.85. The molecule has 1 N–H and O–H groups in total. The molecule has 96 valence electrons. The van der Waals surface area contributed by atoms with Gasteiger partial charge in [-0.15, -0.1) is 0 Å². The van der Waals surface area contributed by atoms with E-state index < -0.39 is 5.82 Å². The van der Waals surface area contributed by atoms with Crippen molar-refractivity contribution < 1.29 is 8.81 Å². The number of oxazole rings is 1. The van der Waals surface area contributed by atoms with E-state index in [1.54, 1.807) is 12.1 Å². The molecule has 5 heteroatoms. The molecule has 0 fully saturated rings. The Morgan fingerprint density at radius 1 is 1.33 bits per heavy atom. The molecule has 0 atom stereocenters. The zero-order chi connectivity index (χ0) is 13.1. The zero-order valence-electron chi connectivity index (χ0n) is 10.3. The van der Waals surface area contributed by atoms with Crippen LogP contribution in [0.5, 0.6) is 0 Å². The van der Waals surface area contributed by atoms with Crippen molar-refractivity contribution in [1.82, 2.24) is 10.3 Å². The van der Waals surface area contributed by atoms with Gasteiger partial charge in [-0.3, -0.25) is 0 Å². The molecule has 2 aromatic rings. The van der Waals surface area contributed by atoms with E-state index in [0.29, 0.717) is 19.0 Å². The van der Waals surface area contributed by atoms with E-state index in [4.69, 9.17) is 16.0 Å². The first-order valence-electron chi connectivity index (χ1n) is 5.64. The fraction of sp³-hybridized carbons (Fsp3) is 0.308. The lowest BCUT2D eigenvalue weighted by molar-refractivity contribution is 0.448. The second-order valence-corrected chi connectivity index (χ2v) is 4.44. The number of hydrogen-bond acceptors (Lipinski definition) is 3. The lowest BCUT2D eigenvalue weighted by atomic mass is 10.2. The maximum absolute atomic E-state index is 13.2. The third-order valence-electron chi connectivity index (χ3n) is 2.70. The Hall–Kier alpha value is -1.39.